The average molecular weight is 400 g/mol. The van der Waals surface area contributed by atoms with Crippen molar-refractivity contribution in [3.05, 3.63) is 21.3 Å². The monoisotopic (exact) mass is 399 g/mol. The maximum absolute atomic E-state index is 10.3. The smallest absolute Gasteiger partial charge is 0.162 e. The molecule has 9 nitrogen and oxygen atoms in total. The van der Waals surface area contributed by atoms with Crippen molar-refractivity contribution in [1.82, 2.24) is 4.90 Å². The first-order chi connectivity index (χ1) is 12.4. The van der Waals surface area contributed by atoms with E-state index < -0.39 is 36.8 Å². The summed E-state index contributed by atoms with van der Waals surface area (Å²) in [4.78, 5) is 14.6. The minimum Gasteiger partial charge on any atom is -0.394 e. The van der Waals surface area contributed by atoms with Gasteiger partial charge < -0.3 is 30.7 Å². The predicted octanol–water partition coefficient (Wildman–Crippen LogP) is -0.808. The summed E-state index contributed by atoms with van der Waals surface area (Å²) in [5, 5.41) is 33.9. The summed E-state index contributed by atoms with van der Waals surface area (Å²) in [6, 6.07) is 0. The summed E-state index contributed by atoms with van der Waals surface area (Å²) in [7, 11) is 0. The SMILES string of the molecule is NC1(Cc2cscc2Cl)N=CN=C2C1=NCN2[C@@H]1O[C@H](CO)[C@@H](O)[C@H]1O. The molecule has 0 aliphatic carbocycles. The Morgan fingerprint density at radius 1 is 1.38 bits per heavy atom. The third-order valence-electron chi connectivity index (χ3n) is 4.72. The van der Waals surface area contributed by atoms with Crippen molar-refractivity contribution in [3.63, 3.8) is 0 Å². The second-order valence-electron chi connectivity index (χ2n) is 6.39. The lowest BCUT2D eigenvalue weighted by Gasteiger charge is -2.32. The third kappa shape index (κ3) is 2.78. The molecular weight excluding hydrogens is 382 g/mol. The number of aliphatic hydroxyl groups is 3. The van der Waals surface area contributed by atoms with Gasteiger partial charge in [-0.05, 0) is 10.9 Å². The van der Waals surface area contributed by atoms with Crippen molar-refractivity contribution in [2.24, 2.45) is 20.7 Å². The number of aliphatic hydroxyl groups excluding tert-OH is 3. The molecular formula is C15H18ClN5O4S. The number of halogens is 1. The highest BCUT2D eigenvalue weighted by atomic mass is 35.5. The number of aliphatic imine (C=N–C) groups is 3. The molecule has 5 atom stereocenters. The van der Waals surface area contributed by atoms with Gasteiger partial charge in [0.2, 0.25) is 0 Å². The van der Waals surface area contributed by atoms with Crippen LogP contribution in [0.25, 0.3) is 0 Å². The van der Waals surface area contributed by atoms with Crippen molar-refractivity contribution in [1.29, 1.82) is 0 Å². The summed E-state index contributed by atoms with van der Waals surface area (Å²) >= 11 is 7.66. The molecule has 0 spiro atoms. The first kappa shape index (κ1) is 18.0. The van der Waals surface area contributed by atoms with Crippen LogP contribution in [-0.4, -0.2) is 81.6 Å². The maximum atomic E-state index is 10.3. The fourth-order valence-corrected chi connectivity index (χ4v) is 4.38. The molecule has 26 heavy (non-hydrogen) atoms. The van der Waals surface area contributed by atoms with Gasteiger partial charge in [0.1, 0.15) is 37.0 Å². The quantitative estimate of drug-likeness (QED) is 0.523. The number of nitrogens with zero attached hydrogens (tertiary/aromatic N) is 4. The van der Waals surface area contributed by atoms with E-state index in [-0.39, 0.29) is 6.67 Å². The van der Waals surface area contributed by atoms with Gasteiger partial charge in [-0.1, -0.05) is 11.6 Å². The van der Waals surface area contributed by atoms with E-state index in [2.05, 4.69) is 15.0 Å². The Hall–Kier alpha value is -1.40. The summed E-state index contributed by atoms with van der Waals surface area (Å²) < 4.78 is 5.58. The molecule has 0 aromatic carbocycles. The number of fused-ring (bicyclic) bond motifs is 1. The van der Waals surface area contributed by atoms with Gasteiger partial charge in [0, 0.05) is 11.8 Å². The molecule has 1 unspecified atom stereocenters. The van der Waals surface area contributed by atoms with E-state index in [1.807, 2.05) is 10.8 Å². The highest BCUT2D eigenvalue weighted by Gasteiger charge is 2.50. The van der Waals surface area contributed by atoms with Gasteiger partial charge in [0.05, 0.1) is 11.6 Å². The highest BCUT2D eigenvalue weighted by molar-refractivity contribution is 7.08. The van der Waals surface area contributed by atoms with Crippen molar-refractivity contribution >= 4 is 40.8 Å². The average Bonchev–Trinajstić information content (AvgIpc) is 3.29. The molecule has 140 valence electrons. The van der Waals surface area contributed by atoms with Gasteiger partial charge in [0.25, 0.3) is 0 Å². The minimum absolute atomic E-state index is 0.153. The molecule has 0 bridgehead atoms. The molecule has 4 heterocycles. The van der Waals surface area contributed by atoms with Gasteiger partial charge in [0.15, 0.2) is 17.7 Å². The standard InChI is InChI=1S/C15H18ClN5O4S/c16-8-4-26-3-7(8)1-15(17)12-13(18-5-20-15)21(6-19-12)14-11(24)10(23)9(2-22)25-14/h3-5,9-11,14,22-24H,1-2,6,17H2/t9-,10-,11-,14-,15?/m1/s1. The van der Waals surface area contributed by atoms with Crippen LogP contribution < -0.4 is 5.73 Å². The molecule has 4 rings (SSSR count). The van der Waals surface area contributed by atoms with Gasteiger partial charge in [-0.2, -0.15) is 11.3 Å². The van der Waals surface area contributed by atoms with Crippen molar-refractivity contribution in [3.8, 4) is 0 Å². The lowest BCUT2D eigenvalue weighted by molar-refractivity contribution is -0.0688. The Kier molecular flexibility index (Phi) is 4.59. The van der Waals surface area contributed by atoms with Crippen LogP contribution in [0.2, 0.25) is 5.02 Å². The zero-order chi connectivity index (χ0) is 18.5. The number of nitrogens with two attached hydrogens (primary N) is 1. The van der Waals surface area contributed by atoms with Crippen molar-refractivity contribution in [2.75, 3.05) is 13.3 Å². The molecule has 3 aliphatic rings. The van der Waals surface area contributed by atoms with Crippen LogP contribution in [0.5, 0.6) is 0 Å². The van der Waals surface area contributed by atoms with E-state index in [4.69, 9.17) is 22.1 Å². The Bertz CT molecular complexity index is 799. The molecule has 0 saturated carbocycles. The van der Waals surface area contributed by atoms with E-state index in [1.165, 1.54) is 17.7 Å². The van der Waals surface area contributed by atoms with E-state index in [1.54, 1.807) is 4.90 Å². The van der Waals surface area contributed by atoms with Gasteiger partial charge in [-0.15, -0.1) is 0 Å². The van der Waals surface area contributed by atoms with E-state index in [0.29, 0.717) is 23.0 Å². The zero-order valence-electron chi connectivity index (χ0n) is 13.6. The van der Waals surface area contributed by atoms with Crippen LogP contribution in [0.3, 0.4) is 0 Å². The fourth-order valence-electron chi connectivity index (χ4n) is 3.33. The second-order valence-corrected chi connectivity index (χ2v) is 7.54. The molecule has 0 radical (unpaired) electrons. The zero-order valence-corrected chi connectivity index (χ0v) is 15.1. The number of rotatable bonds is 4. The van der Waals surface area contributed by atoms with E-state index in [0.717, 1.165) is 5.56 Å². The normalized spacial score (nSPS) is 36.3. The van der Waals surface area contributed by atoms with Crippen LogP contribution in [0.15, 0.2) is 25.7 Å². The van der Waals surface area contributed by atoms with Gasteiger partial charge in [-0.25, -0.2) is 9.98 Å². The molecule has 3 aliphatic heterocycles. The Morgan fingerprint density at radius 3 is 2.85 bits per heavy atom. The Balaban J connectivity index is 1.58. The first-order valence-corrected chi connectivity index (χ1v) is 9.32. The number of ether oxygens (including phenoxy) is 1. The predicted molar refractivity (Wildman–Crippen MR) is 97.8 cm³/mol. The third-order valence-corrected chi connectivity index (χ3v) is 5.99. The lowest BCUT2D eigenvalue weighted by atomic mass is 9.95. The van der Waals surface area contributed by atoms with Gasteiger partial charge >= 0.3 is 0 Å². The Labute approximate surface area is 158 Å². The summed E-state index contributed by atoms with van der Waals surface area (Å²) in [5.74, 6) is 0.434. The first-order valence-electron chi connectivity index (χ1n) is 8.00. The van der Waals surface area contributed by atoms with Crippen LogP contribution in [-0.2, 0) is 11.2 Å². The largest absolute Gasteiger partial charge is 0.394 e. The Morgan fingerprint density at radius 2 is 2.19 bits per heavy atom. The molecule has 1 saturated heterocycles. The number of thiophene rings is 1. The highest BCUT2D eigenvalue weighted by Crippen LogP contribution is 2.31. The van der Waals surface area contributed by atoms with Crippen LogP contribution in [0.4, 0.5) is 0 Å². The maximum Gasteiger partial charge on any atom is 0.162 e. The number of hydrogen-bond donors (Lipinski definition) is 4. The van der Waals surface area contributed by atoms with Crippen LogP contribution in [0.1, 0.15) is 5.56 Å². The van der Waals surface area contributed by atoms with Crippen molar-refractivity contribution < 1.29 is 20.1 Å². The van der Waals surface area contributed by atoms with E-state index >= 15 is 0 Å². The topological polar surface area (TPSA) is 136 Å². The number of amidine groups is 1. The molecule has 1 aromatic heterocycles. The second kappa shape index (κ2) is 6.64. The molecule has 1 fully saturated rings. The summed E-state index contributed by atoms with van der Waals surface area (Å²) in [6.45, 7) is -0.248. The van der Waals surface area contributed by atoms with Crippen molar-refractivity contribution in [2.45, 2.75) is 36.6 Å². The molecule has 11 heteroatoms. The molecule has 1 aromatic rings. The summed E-state index contributed by atoms with van der Waals surface area (Å²) in [6.07, 6.45) is -2.45. The van der Waals surface area contributed by atoms with Gasteiger partial charge in [-0.3, -0.25) is 4.99 Å². The summed E-state index contributed by atoms with van der Waals surface area (Å²) in [5.41, 5.74) is 6.71. The minimum atomic E-state index is -1.21. The number of hydrogen-bond acceptors (Lipinski definition) is 10. The lowest BCUT2D eigenvalue weighted by Crippen LogP contribution is -2.56. The van der Waals surface area contributed by atoms with Crippen LogP contribution >= 0.6 is 22.9 Å². The van der Waals surface area contributed by atoms with E-state index in [9.17, 15) is 15.3 Å². The molecule has 5 N–H and O–H groups in total. The van der Waals surface area contributed by atoms with Crippen LogP contribution in [0, 0.1) is 0 Å². The fraction of sp³-hybridized carbons (Fsp3) is 0.533. The molecule has 0 amide bonds.